The number of likely N-dealkylation sites (N-methyl/N-ethyl adjacent to an activating group) is 1. The Morgan fingerprint density at radius 1 is 1.59 bits per heavy atom. The predicted octanol–water partition coefficient (Wildman–Crippen LogP) is 0.715. The fourth-order valence-electron chi connectivity index (χ4n) is 2.05. The van der Waals surface area contributed by atoms with Crippen LogP contribution in [0.5, 0.6) is 0 Å². The van der Waals surface area contributed by atoms with Crippen molar-refractivity contribution in [2.45, 2.75) is 25.5 Å². The molecule has 2 heterocycles. The van der Waals surface area contributed by atoms with Crippen LogP contribution in [0, 0.1) is 0 Å². The number of amides is 1. The van der Waals surface area contributed by atoms with E-state index in [0.717, 1.165) is 11.3 Å². The summed E-state index contributed by atoms with van der Waals surface area (Å²) in [5, 5.41) is 12.8. The maximum Gasteiger partial charge on any atom is 0.264 e. The summed E-state index contributed by atoms with van der Waals surface area (Å²) in [5.74, 6) is 0.00227. The SMILES string of the molecule is CCc1ccc(C(=O)N(C)[C@@H]2CNC[C@H]2O)s1. The van der Waals surface area contributed by atoms with Crippen molar-refractivity contribution in [3.05, 3.63) is 21.9 Å². The fourth-order valence-corrected chi connectivity index (χ4v) is 2.98. The third-order valence-electron chi connectivity index (χ3n) is 3.19. The topological polar surface area (TPSA) is 52.6 Å². The van der Waals surface area contributed by atoms with Gasteiger partial charge in [0.2, 0.25) is 0 Å². The van der Waals surface area contributed by atoms with E-state index in [1.165, 1.54) is 16.2 Å². The monoisotopic (exact) mass is 254 g/mol. The third-order valence-corrected chi connectivity index (χ3v) is 4.41. The van der Waals surface area contributed by atoms with Crippen LogP contribution in [0.15, 0.2) is 12.1 Å². The number of thiophene rings is 1. The molecule has 0 saturated carbocycles. The number of β-amino-alcohol motifs (C(OH)–C–C–N with tert-alkyl or cyclic N) is 1. The van der Waals surface area contributed by atoms with E-state index in [4.69, 9.17) is 0 Å². The smallest absolute Gasteiger partial charge is 0.264 e. The Morgan fingerprint density at radius 2 is 2.35 bits per heavy atom. The highest BCUT2D eigenvalue weighted by Crippen LogP contribution is 2.20. The van der Waals surface area contributed by atoms with Gasteiger partial charge in [0, 0.05) is 25.0 Å². The van der Waals surface area contributed by atoms with Crippen molar-refractivity contribution >= 4 is 17.2 Å². The van der Waals surface area contributed by atoms with Crippen molar-refractivity contribution in [2.75, 3.05) is 20.1 Å². The zero-order valence-corrected chi connectivity index (χ0v) is 11.0. The lowest BCUT2D eigenvalue weighted by Gasteiger charge is -2.25. The van der Waals surface area contributed by atoms with E-state index in [9.17, 15) is 9.90 Å². The summed E-state index contributed by atoms with van der Waals surface area (Å²) in [6, 6.07) is 3.75. The number of carbonyl (C=O) groups is 1. The van der Waals surface area contributed by atoms with Crippen molar-refractivity contribution in [2.24, 2.45) is 0 Å². The minimum absolute atomic E-state index is 0.00227. The van der Waals surface area contributed by atoms with Gasteiger partial charge >= 0.3 is 0 Å². The quantitative estimate of drug-likeness (QED) is 0.835. The molecular weight excluding hydrogens is 236 g/mol. The van der Waals surface area contributed by atoms with Gasteiger partial charge < -0.3 is 15.3 Å². The van der Waals surface area contributed by atoms with E-state index >= 15 is 0 Å². The number of nitrogens with zero attached hydrogens (tertiary/aromatic N) is 1. The van der Waals surface area contributed by atoms with Crippen molar-refractivity contribution in [3.8, 4) is 0 Å². The molecule has 1 aromatic rings. The summed E-state index contributed by atoms with van der Waals surface area (Å²) in [4.78, 5) is 15.8. The van der Waals surface area contributed by atoms with Gasteiger partial charge in [0.15, 0.2) is 0 Å². The van der Waals surface area contributed by atoms with Crippen LogP contribution in [0.3, 0.4) is 0 Å². The Labute approximate surface area is 105 Å². The summed E-state index contributed by atoms with van der Waals surface area (Å²) in [7, 11) is 1.76. The summed E-state index contributed by atoms with van der Waals surface area (Å²) < 4.78 is 0. The van der Waals surface area contributed by atoms with Crippen LogP contribution in [0.25, 0.3) is 0 Å². The lowest BCUT2D eigenvalue weighted by molar-refractivity contribution is 0.0585. The number of rotatable bonds is 3. The van der Waals surface area contributed by atoms with Crippen molar-refractivity contribution in [1.82, 2.24) is 10.2 Å². The first kappa shape index (κ1) is 12.5. The van der Waals surface area contributed by atoms with E-state index in [0.29, 0.717) is 13.1 Å². The van der Waals surface area contributed by atoms with E-state index < -0.39 is 6.10 Å². The molecule has 0 radical (unpaired) electrons. The van der Waals surface area contributed by atoms with Crippen molar-refractivity contribution in [3.63, 3.8) is 0 Å². The molecule has 17 heavy (non-hydrogen) atoms. The molecular formula is C12H18N2O2S. The van der Waals surface area contributed by atoms with Crippen LogP contribution in [-0.2, 0) is 6.42 Å². The molecule has 4 nitrogen and oxygen atoms in total. The second-order valence-electron chi connectivity index (χ2n) is 4.33. The molecule has 0 spiro atoms. The summed E-state index contributed by atoms with van der Waals surface area (Å²) in [6.45, 7) is 3.30. The van der Waals surface area contributed by atoms with Gasteiger partial charge in [-0.1, -0.05) is 6.92 Å². The number of nitrogens with one attached hydrogen (secondary N) is 1. The van der Waals surface area contributed by atoms with Crippen molar-refractivity contribution in [1.29, 1.82) is 0 Å². The van der Waals surface area contributed by atoms with Crippen LogP contribution in [0.1, 0.15) is 21.5 Å². The van der Waals surface area contributed by atoms with Crippen molar-refractivity contribution < 1.29 is 9.90 Å². The molecule has 0 unspecified atom stereocenters. The maximum absolute atomic E-state index is 12.2. The molecule has 1 aliphatic heterocycles. The Kier molecular flexibility index (Phi) is 3.81. The third kappa shape index (κ3) is 2.51. The predicted molar refractivity (Wildman–Crippen MR) is 68.5 cm³/mol. The molecule has 94 valence electrons. The maximum atomic E-state index is 12.2. The number of hydrogen-bond donors (Lipinski definition) is 2. The van der Waals surface area contributed by atoms with Gasteiger partial charge in [-0.25, -0.2) is 0 Å². The number of hydrogen-bond acceptors (Lipinski definition) is 4. The largest absolute Gasteiger partial charge is 0.390 e. The number of aliphatic hydroxyl groups is 1. The molecule has 1 amide bonds. The molecule has 0 aromatic carbocycles. The molecule has 1 aromatic heterocycles. The first-order chi connectivity index (χ1) is 8.13. The van der Waals surface area contributed by atoms with E-state index in [1.54, 1.807) is 11.9 Å². The minimum Gasteiger partial charge on any atom is -0.390 e. The average molecular weight is 254 g/mol. The Hall–Kier alpha value is -0.910. The second-order valence-corrected chi connectivity index (χ2v) is 5.50. The molecule has 1 saturated heterocycles. The Bertz CT molecular complexity index is 405. The van der Waals surface area contributed by atoms with Gasteiger partial charge in [0.25, 0.3) is 5.91 Å². The van der Waals surface area contributed by atoms with E-state index in [-0.39, 0.29) is 11.9 Å². The molecule has 2 atom stereocenters. The summed E-state index contributed by atoms with van der Waals surface area (Å²) in [5.41, 5.74) is 0. The molecule has 2 rings (SSSR count). The van der Waals surface area contributed by atoms with Crippen LogP contribution in [0.4, 0.5) is 0 Å². The number of carbonyl (C=O) groups excluding carboxylic acids is 1. The van der Waals surface area contributed by atoms with E-state index in [2.05, 4.69) is 12.2 Å². The van der Waals surface area contributed by atoms with Gasteiger partial charge in [0.1, 0.15) is 0 Å². The highest BCUT2D eigenvalue weighted by atomic mass is 32.1. The first-order valence-electron chi connectivity index (χ1n) is 5.88. The zero-order chi connectivity index (χ0) is 12.4. The van der Waals surface area contributed by atoms with Crippen LogP contribution in [-0.4, -0.2) is 48.2 Å². The van der Waals surface area contributed by atoms with Gasteiger partial charge in [-0.05, 0) is 18.6 Å². The number of aliphatic hydroxyl groups excluding tert-OH is 1. The molecule has 0 aliphatic carbocycles. The molecule has 2 N–H and O–H groups in total. The van der Waals surface area contributed by atoms with Gasteiger partial charge in [0.05, 0.1) is 17.0 Å². The lowest BCUT2D eigenvalue weighted by Crippen LogP contribution is -2.44. The van der Waals surface area contributed by atoms with Gasteiger partial charge in [-0.3, -0.25) is 4.79 Å². The second kappa shape index (κ2) is 5.16. The Morgan fingerprint density at radius 3 is 2.88 bits per heavy atom. The Balaban J connectivity index is 2.08. The lowest BCUT2D eigenvalue weighted by atomic mass is 10.2. The molecule has 1 aliphatic rings. The van der Waals surface area contributed by atoms with Gasteiger partial charge in [-0.2, -0.15) is 0 Å². The number of aryl methyl sites for hydroxylation is 1. The summed E-state index contributed by atoms with van der Waals surface area (Å²) in [6.07, 6.45) is 0.490. The van der Waals surface area contributed by atoms with Crippen LogP contribution >= 0.6 is 11.3 Å². The fraction of sp³-hybridized carbons (Fsp3) is 0.583. The molecule has 5 heteroatoms. The van der Waals surface area contributed by atoms with E-state index in [1.807, 2.05) is 12.1 Å². The molecule has 1 fully saturated rings. The summed E-state index contributed by atoms with van der Waals surface area (Å²) >= 11 is 1.54. The first-order valence-corrected chi connectivity index (χ1v) is 6.69. The minimum atomic E-state index is -0.463. The normalized spacial score (nSPS) is 23.9. The average Bonchev–Trinajstić information content (AvgIpc) is 2.95. The van der Waals surface area contributed by atoms with Gasteiger partial charge in [-0.15, -0.1) is 11.3 Å². The standard InChI is InChI=1S/C12H18N2O2S/c1-3-8-4-5-11(17-8)12(16)14(2)9-6-13-7-10(9)15/h4-5,9-10,13,15H,3,6-7H2,1-2H3/t9-,10-/m1/s1. The van der Waals surface area contributed by atoms with Crippen LogP contribution in [0.2, 0.25) is 0 Å². The highest BCUT2D eigenvalue weighted by Gasteiger charge is 2.31. The highest BCUT2D eigenvalue weighted by molar-refractivity contribution is 7.14. The molecule has 0 bridgehead atoms. The van der Waals surface area contributed by atoms with Crippen LogP contribution < -0.4 is 5.32 Å². The zero-order valence-electron chi connectivity index (χ0n) is 10.1.